The van der Waals surface area contributed by atoms with Crippen molar-refractivity contribution in [1.29, 1.82) is 0 Å². The van der Waals surface area contributed by atoms with Crippen molar-refractivity contribution in [3.63, 3.8) is 0 Å². The molecule has 1 N–H and O–H groups in total. The summed E-state index contributed by atoms with van der Waals surface area (Å²) < 4.78 is 54.2. The van der Waals surface area contributed by atoms with Gasteiger partial charge in [-0.05, 0) is 19.8 Å². The third-order valence-corrected chi connectivity index (χ3v) is 3.79. The lowest BCUT2D eigenvalue weighted by Gasteiger charge is -2.40. The summed E-state index contributed by atoms with van der Waals surface area (Å²) in [4.78, 5) is 21.1. The van der Waals surface area contributed by atoms with Crippen LogP contribution in [0.1, 0.15) is 26.7 Å². The van der Waals surface area contributed by atoms with Gasteiger partial charge in [0.25, 0.3) is 5.91 Å². The fraction of sp³-hybridized carbons (Fsp3) is 0.500. The Labute approximate surface area is 129 Å². The van der Waals surface area contributed by atoms with Crippen LogP contribution in [0.2, 0.25) is 0 Å². The highest BCUT2D eigenvalue weighted by molar-refractivity contribution is 5.87. The zero-order valence-electron chi connectivity index (χ0n) is 12.6. The SMILES string of the molecule is C=C(/C(F)=C(F)\C=C(/C)[N+](=O)[O-])[C@]1(C)CC[C@](F)(CF)C(=O)N1. The van der Waals surface area contributed by atoms with E-state index in [-0.39, 0.29) is 6.42 Å². The van der Waals surface area contributed by atoms with Crippen molar-refractivity contribution in [3.8, 4) is 0 Å². The molecule has 5 nitrogen and oxygen atoms in total. The predicted molar refractivity (Wildman–Crippen MR) is 74.7 cm³/mol. The van der Waals surface area contributed by atoms with E-state index in [4.69, 9.17) is 0 Å². The van der Waals surface area contributed by atoms with Gasteiger partial charge in [-0.15, -0.1) is 0 Å². The maximum atomic E-state index is 14.1. The molecule has 1 aliphatic heterocycles. The Kier molecular flexibility index (Phi) is 5.34. The summed E-state index contributed by atoms with van der Waals surface area (Å²) in [5.41, 5.74) is -5.39. The van der Waals surface area contributed by atoms with E-state index in [2.05, 4.69) is 11.9 Å². The molecule has 1 amide bonds. The summed E-state index contributed by atoms with van der Waals surface area (Å²) in [6.45, 7) is 4.05. The molecule has 0 spiro atoms. The molecule has 0 unspecified atom stereocenters. The Bertz CT molecular complexity index is 617. The molecule has 1 aliphatic rings. The van der Waals surface area contributed by atoms with Crippen molar-refractivity contribution in [2.45, 2.75) is 37.9 Å². The first-order valence-corrected chi connectivity index (χ1v) is 6.62. The van der Waals surface area contributed by atoms with Gasteiger partial charge < -0.3 is 5.32 Å². The van der Waals surface area contributed by atoms with Crippen molar-refractivity contribution in [2.24, 2.45) is 0 Å². The van der Waals surface area contributed by atoms with Crippen LogP contribution in [0.4, 0.5) is 17.6 Å². The van der Waals surface area contributed by atoms with E-state index in [1.807, 2.05) is 0 Å². The minimum absolute atomic E-state index is 0.212. The Morgan fingerprint density at radius 2 is 2.04 bits per heavy atom. The number of alkyl halides is 2. The first kappa shape index (κ1) is 18.9. The van der Waals surface area contributed by atoms with Gasteiger partial charge in [0.05, 0.1) is 10.5 Å². The molecule has 2 atom stereocenters. The normalized spacial score (nSPS) is 29.7. The van der Waals surface area contributed by atoms with Gasteiger partial charge in [0.2, 0.25) is 11.4 Å². The molecule has 0 aromatic heterocycles. The van der Waals surface area contributed by atoms with Gasteiger partial charge in [-0.2, -0.15) is 0 Å². The Hall–Kier alpha value is -2.19. The Morgan fingerprint density at radius 3 is 2.48 bits per heavy atom. The van der Waals surface area contributed by atoms with Gasteiger partial charge in [0.15, 0.2) is 11.7 Å². The molecule has 0 aromatic carbocycles. The number of carbonyl (C=O) groups excluding carboxylic acids is 1. The monoisotopic (exact) mass is 336 g/mol. The second-order valence-electron chi connectivity index (χ2n) is 5.57. The van der Waals surface area contributed by atoms with Crippen LogP contribution in [-0.2, 0) is 4.79 Å². The van der Waals surface area contributed by atoms with Crippen LogP contribution < -0.4 is 5.32 Å². The topological polar surface area (TPSA) is 72.2 Å². The summed E-state index contributed by atoms with van der Waals surface area (Å²) in [6.07, 6.45) is -0.365. The van der Waals surface area contributed by atoms with E-state index in [0.29, 0.717) is 6.08 Å². The lowest BCUT2D eigenvalue weighted by molar-refractivity contribution is -0.424. The third-order valence-electron chi connectivity index (χ3n) is 3.79. The number of nitrogens with zero attached hydrogens (tertiary/aromatic N) is 1. The number of halogens is 4. The quantitative estimate of drug-likeness (QED) is 0.363. The van der Waals surface area contributed by atoms with Crippen molar-refractivity contribution < 1.29 is 27.3 Å². The van der Waals surface area contributed by atoms with Crippen LogP contribution in [0.5, 0.6) is 0 Å². The molecule has 0 aliphatic carbocycles. The van der Waals surface area contributed by atoms with E-state index < -0.39 is 58.1 Å². The summed E-state index contributed by atoms with van der Waals surface area (Å²) in [6, 6.07) is 0. The molecule has 9 heteroatoms. The molecule has 128 valence electrons. The van der Waals surface area contributed by atoms with Crippen molar-refractivity contribution >= 4 is 5.91 Å². The third kappa shape index (κ3) is 3.77. The maximum absolute atomic E-state index is 14.1. The molecule has 1 saturated heterocycles. The van der Waals surface area contributed by atoms with Crippen molar-refractivity contribution in [2.75, 3.05) is 6.67 Å². The highest BCUT2D eigenvalue weighted by Crippen LogP contribution is 2.37. The zero-order valence-corrected chi connectivity index (χ0v) is 12.6. The first-order valence-electron chi connectivity index (χ1n) is 6.62. The number of allylic oxidation sites excluding steroid dienone is 3. The van der Waals surface area contributed by atoms with Gasteiger partial charge in [-0.1, -0.05) is 6.58 Å². The number of nitrogens with one attached hydrogen (secondary N) is 1. The van der Waals surface area contributed by atoms with Crippen LogP contribution in [-0.4, -0.2) is 28.7 Å². The van der Waals surface area contributed by atoms with Gasteiger partial charge >= 0.3 is 0 Å². The summed E-state index contributed by atoms with van der Waals surface area (Å²) >= 11 is 0. The fourth-order valence-corrected chi connectivity index (χ4v) is 2.03. The molecular weight excluding hydrogens is 320 g/mol. The molecule has 0 saturated carbocycles. The smallest absolute Gasteiger partial charge is 0.261 e. The number of nitro groups is 1. The van der Waals surface area contributed by atoms with Crippen molar-refractivity contribution in [1.82, 2.24) is 5.32 Å². The van der Waals surface area contributed by atoms with Crippen LogP contribution in [0.3, 0.4) is 0 Å². The van der Waals surface area contributed by atoms with E-state index in [0.717, 1.165) is 6.92 Å². The Morgan fingerprint density at radius 1 is 1.48 bits per heavy atom. The highest BCUT2D eigenvalue weighted by atomic mass is 19.2. The largest absolute Gasteiger partial charge is 0.344 e. The summed E-state index contributed by atoms with van der Waals surface area (Å²) in [5.74, 6) is -4.32. The molecule has 0 radical (unpaired) electrons. The van der Waals surface area contributed by atoms with Crippen molar-refractivity contribution in [3.05, 3.63) is 45.7 Å². The highest BCUT2D eigenvalue weighted by Gasteiger charge is 2.49. The number of carbonyl (C=O) groups is 1. The minimum Gasteiger partial charge on any atom is -0.344 e. The standard InChI is InChI=1S/C14H16F4N2O3/c1-8(20(22)23)6-10(16)11(17)9(2)13(3)4-5-14(18,7-15)12(21)19-13/h6H,2,4-5,7H2,1,3H3,(H,19,21)/b8-6+,11-10-/t13-,14-/m0/s1. The lowest BCUT2D eigenvalue weighted by atomic mass is 9.79. The number of hydrogen-bond donors (Lipinski definition) is 1. The van der Waals surface area contributed by atoms with Crippen LogP contribution in [0, 0.1) is 10.1 Å². The first-order chi connectivity index (χ1) is 10.5. The molecule has 1 heterocycles. The van der Waals surface area contributed by atoms with E-state index >= 15 is 0 Å². The second kappa shape index (κ2) is 6.51. The zero-order chi connectivity index (χ0) is 18.0. The second-order valence-corrected chi connectivity index (χ2v) is 5.57. The van der Waals surface area contributed by atoms with Crippen LogP contribution in [0.15, 0.2) is 35.6 Å². The Balaban J connectivity index is 3.07. The van der Waals surface area contributed by atoms with Gasteiger partial charge in [-0.3, -0.25) is 14.9 Å². The van der Waals surface area contributed by atoms with Gasteiger partial charge in [0.1, 0.15) is 6.67 Å². The van der Waals surface area contributed by atoms with Crippen LogP contribution in [0.25, 0.3) is 0 Å². The number of amides is 1. The van der Waals surface area contributed by atoms with E-state index in [1.165, 1.54) is 6.92 Å². The number of piperidine rings is 1. The average Bonchev–Trinajstić information content (AvgIpc) is 2.49. The molecule has 0 bridgehead atoms. The molecular formula is C14H16F4N2O3. The molecule has 1 rings (SSSR count). The summed E-state index contributed by atoms with van der Waals surface area (Å²) in [5, 5.41) is 12.5. The number of rotatable bonds is 5. The molecule has 0 aromatic rings. The van der Waals surface area contributed by atoms with Gasteiger partial charge in [0, 0.05) is 18.6 Å². The number of hydrogen-bond acceptors (Lipinski definition) is 3. The van der Waals surface area contributed by atoms with Gasteiger partial charge in [-0.25, -0.2) is 17.6 Å². The maximum Gasteiger partial charge on any atom is 0.261 e. The van der Waals surface area contributed by atoms with Crippen LogP contribution >= 0.6 is 0 Å². The van der Waals surface area contributed by atoms with E-state index in [9.17, 15) is 32.5 Å². The molecule has 23 heavy (non-hydrogen) atoms. The van der Waals surface area contributed by atoms with E-state index in [1.54, 1.807) is 0 Å². The lowest BCUT2D eigenvalue weighted by Crippen LogP contribution is -2.60. The average molecular weight is 336 g/mol. The predicted octanol–water partition coefficient (Wildman–Crippen LogP) is 3.22. The summed E-state index contributed by atoms with van der Waals surface area (Å²) in [7, 11) is 0. The molecule has 1 fully saturated rings. The fourth-order valence-electron chi connectivity index (χ4n) is 2.03. The minimum atomic E-state index is -2.71.